The maximum Gasteiger partial charge on any atom is 0.348 e. The van der Waals surface area contributed by atoms with Crippen molar-refractivity contribution in [1.29, 1.82) is 0 Å². The Morgan fingerprint density at radius 2 is 1.82 bits per heavy atom. The average molecular weight is 509 g/mol. The monoisotopic (exact) mass is 508 g/mol. The summed E-state index contributed by atoms with van der Waals surface area (Å²) < 4.78 is 1.31. The number of halogens is 2. The van der Waals surface area contributed by atoms with Crippen LogP contribution in [0.2, 0.25) is 10.0 Å². The number of nitro benzene ring substituents is 1. The van der Waals surface area contributed by atoms with E-state index in [2.05, 4.69) is 10.2 Å². The minimum Gasteiger partial charge on any atom is -0.294 e. The van der Waals surface area contributed by atoms with Crippen molar-refractivity contribution in [3.8, 4) is 5.69 Å². The van der Waals surface area contributed by atoms with Gasteiger partial charge < -0.3 is 0 Å². The van der Waals surface area contributed by atoms with Gasteiger partial charge in [-0.2, -0.15) is 0 Å². The Morgan fingerprint density at radius 3 is 2.39 bits per heavy atom. The number of rotatable bonds is 6. The summed E-state index contributed by atoms with van der Waals surface area (Å²) in [6.45, 7) is 9.34. The first-order valence-electron chi connectivity index (χ1n) is 9.99. The summed E-state index contributed by atoms with van der Waals surface area (Å²) in [4.78, 5) is 36.4. The molecule has 0 radical (unpaired) electrons. The van der Waals surface area contributed by atoms with E-state index < -0.39 is 16.0 Å². The van der Waals surface area contributed by atoms with Crippen LogP contribution in [0.4, 0.5) is 5.69 Å². The topological polar surface area (TPSA) is 111 Å². The van der Waals surface area contributed by atoms with Gasteiger partial charge in [-0.15, -0.1) is 5.10 Å². The van der Waals surface area contributed by atoms with Gasteiger partial charge in [0.1, 0.15) is 0 Å². The number of aromatic nitrogens is 3. The number of carbonyl (C=O) groups excluding carboxylic acids is 1. The molecule has 2 aromatic carbocycles. The van der Waals surface area contributed by atoms with E-state index in [9.17, 15) is 19.7 Å². The van der Waals surface area contributed by atoms with E-state index in [1.54, 1.807) is 26.0 Å². The number of nitrogens with zero attached hydrogens (tertiary/aromatic N) is 3. The molecular formula is C22H22Cl2N4O4S. The average Bonchev–Trinajstić information content (AvgIpc) is 3.08. The smallest absolute Gasteiger partial charge is 0.294 e. The first kappa shape index (κ1) is 25.0. The molecule has 33 heavy (non-hydrogen) atoms. The molecule has 0 aliphatic heterocycles. The second-order valence-electron chi connectivity index (χ2n) is 8.74. The van der Waals surface area contributed by atoms with Gasteiger partial charge in [-0.3, -0.25) is 14.9 Å². The predicted octanol–water partition coefficient (Wildman–Crippen LogP) is 6.06. The lowest BCUT2D eigenvalue weighted by Crippen LogP contribution is -2.22. The summed E-state index contributed by atoms with van der Waals surface area (Å²) in [5.74, 6) is -0.498. The van der Waals surface area contributed by atoms with Crippen molar-refractivity contribution in [2.24, 2.45) is 5.92 Å². The molecule has 0 saturated carbocycles. The molecule has 8 nitrogen and oxygen atoms in total. The molecule has 0 atom stereocenters. The van der Waals surface area contributed by atoms with Crippen LogP contribution in [0.25, 0.3) is 5.69 Å². The van der Waals surface area contributed by atoms with Crippen LogP contribution in [-0.4, -0.2) is 25.5 Å². The van der Waals surface area contributed by atoms with Crippen molar-refractivity contribution < 1.29 is 9.72 Å². The summed E-state index contributed by atoms with van der Waals surface area (Å²) in [5.41, 5.74) is 0.281. The SMILES string of the molecule is CC(C)C(=O)c1ccc(Sc2n[nH]c(=O)n2-c2cc(Cl)c(Cl)cc2C(C)(C)C)c([N+](=O)[O-])c1. The molecule has 0 aliphatic rings. The zero-order valence-electron chi connectivity index (χ0n) is 18.6. The first-order valence-corrected chi connectivity index (χ1v) is 11.6. The van der Waals surface area contributed by atoms with Crippen LogP contribution < -0.4 is 5.69 Å². The number of Topliss-reactive ketones (excluding diaryl/α,β-unsaturated/α-hetero) is 1. The van der Waals surface area contributed by atoms with Gasteiger partial charge in [0, 0.05) is 17.5 Å². The van der Waals surface area contributed by atoms with Crippen molar-refractivity contribution >= 4 is 46.4 Å². The fraction of sp³-hybridized carbons (Fsp3) is 0.318. The van der Waals surface area contributed by atoms with E-state index in [1.165, 1.54) is 22.8 Å². The Kier molecular flexibility index (Phi) is 7.07. The molecule has 0 unspecified atom stereocenters. The summed E-state index contributed by atoms with van der Waals surface area (Å²) >= 11 is 13.4. The maximum atomic E-state index is 12.7. The van der Waals surface area contributed by atoms with Crippen molar-refractivity contribution in [2.45, 2.75) is 50.1 Å². The van der Waals surface area contributed by atoms with Crippen LogP contribution in [0, 0.1) is 16.0 Å². The third-order valence-corrected chi connectivity index (χ3v) is 6.64. The van der Waals surface area contributed by atoms with E-state index in [0.29, 0.717) is 10.7 Å². The molecule has 11 heteroatoms. The molecule has 1 N–H and O–H groups in total. The molecule has 0 fully saturated rings. The number of nitrogens with one attached hydrogen (secondary N) is 1. The molecule has 3 aromatic rings. The van der Waals surface area contributed by atoms with Gasteiger partial charge in [0.2, 0.25) is 5.16 Å². The highest BCUT2D eigenvalue weighted by atomic mass is 35.5. The summed E-state index contributed by atoms with van der Waals surface area (Å²) in [5, 5.41) is 19.0. The highest BCUT2D eigenvalue weighted by molar-refractivity contribution is 7.99. The highest BCUT2D eigenvalue weighted by Crippen LogP contribution is 2.39. The van der Waals surface area contributed by atoms with E-state index in [1.807, 2.05) is 20.8 Å². The number of nitro groups is 1. The van der Waals surface area contributed by atoms with Crippen LogP contribution in [0.1, 0.15) is 50.5 Å². The molecule has 0 aliphatic carbocycles. The molecule has 0 amide bonds. The fourth-order valence-electron chi connectivity index (χ4n) is 3.22. The van der Waals surface area contributed by atoms with Crippen LogP contribution in [-0.2, 0) is 5.41 Å². The summed E-state index contributed by atoms with van der Waals surface area (Å²) in [7, 11) is 0. The number of hydrogen-bond donors (Lipinski definition) is 1. The van der Waals surface area contributed by atoms with E-state index in [-0.39, 0.29) is 38.0 Å². The molecular weight excluding hydrogens is 487 g/mol. The fourth-order valence-corrected chi connectivity index (χ4v) is 4.47. The number of H-pyrrole nitrogens is 1. The number of ketones is 1. The van der Waals surface area contributed by atoms with Gasteiger partial charge in [0.15, 0.2) is 5.78 Å². The quantitative estimate of drug-likeness (QED) is 0.246. The van der Waals surface area contributed by atoms with E-state index in [4.69, 9.17) is 23.2 Å². The predicted molar refractivity (Wildman–Crippen MR) is 129 cm³/mol. The highest BCUT2D eigenvalue weighted by Gasteiger charge is 2.26. The number of aromatic amines is 1. The van der Waals surface area contributed by atoms with Crippen LogP contribution in [0.15, 0.2) is 45.2 Å². The van der Waals surface area contributed by atoms with Crippen molar-refractivity contribution in [1.82, 2.24) is 14.8 Å². The van der Waals surface area contributed by atoms with E-state index >= 15 is 0 Å². The normalized spacial score (nSPS) is 11.8. The van der Waals surface area contributed by atoms with Gasteiger partial charge in [0.05, 0.1) is 25.6 Å². The lowest BCUT2D eigenvalue weighted by Gasteiger charge is -2.24. The first-order chi connectivity index (χ1) is 15.3. The molecule has 1 heterocycles. The number of hydrogen-bond acceptors (Lipinski definition) is 6. The third kappa shape index (κ3) is 5.15. The van der Waals surface area contributed by atoms with Gasteiger partial charge in [0.25, 0.3) is 5.69 Å². The molecule has 0 spiro atoms. The van der Waals surface area contributed by atoms with Gasteiger partial charge in [-0.25, -0.2) is 14.5 Å². The van der Waals surface area contributed by atoms with Crippen molar-refractivity contribution in [3.63, 3.8) is 0 Å². The lowest BCUT2D eigenvalue weighted by atomic mass is 9.85. The standard InChI is InChI=1S/C22H22Cl2N4O4S/c1-11(2)19(29)12-6-7-18(17(8-12)28(31)32)33-21-26-25-20(30)27(21)16-10-15(24)14(23)9-13(16)22(3,4)5/h6-11H,1-5H3,(H,25,30). The Balaban J connectivity index is 2.16. The van der Waals surface area contributed by atoms with Gasteiger partial charge in [-0.1, -0.05) is 57.8 Å². The maximum absolute atomic E-state index is 12.7. The van der Waals surface area contributed by atoms with Crippen LogP contribution in [0.3, 0.4) is 0 Å². The Morgan fingerprint density at radius 1 is 1.18 bits per heavy atom. The Bertz CT molecular complexity index is 1310. The largest absolute Gasteiger partial charge is 0.348 e. The van der Waals surface area contributed by atoms with Crippen LogP contribution in [0.5, 0.6) is 0 Å². The minimum atomic E-state index is -0.561. The number of carbonyl (C=O) groups is 1. The molecule has 0 saturated heterocycles. The second kappa shape index (κ2) is 9.32. The zero-order chi connectivity index (χ0) is 24.7. The summed E-state index contributed by atoms with van der Waals surface area (Å²) in [6.07, 6.45) is 0. The van der Waals surface area contributed by atoms with Gasteiger partial charge >= 0.3 is 5.69 Å². The number of benzene rings is 2. The minimum absolute atomic E-state index is 0.176. The third-order valence-electron chi connectivity index (χ3n) is 4.89. The molecule has 3 rings (SSSR count). The van der Waals surface area contributed by atoms with E-state index in [0.717, 1.165) is 17.3 Å². The van der Waals surface area contributed by atoms with Crippen LogP contribution >= 0.6 is 35.0 Å². The summed E-state index contributed by atoms with van der Waals surface area (Å²) in [6, 6.07) is 7.54. The lowest BCUT2D eigenvalue weighted by molar-refractivity contribution is -0.387. The zero-order valence-corrected chi connectivity index (χ0v) is 20.9. The van der Waals surface area contributed by atoms with Crippen molar-refractivity contribution in [2.75, 3.05) is 0 Å². The molecule has 174 valence electrons. The van der Waals surface area contributed by atoms with Crippen molar-refractivity contribution in [3.05, 3.63) is 72.1 Å². The molecule has 0 bridgehead atoms. The second-order valence-corrected chi connectivity index (χ2v) is 10.6. The Labute approximate surface area is 204 Å². The molecule has 1 aromatic heterocycles. The van der Waals surface area contributed by atoms with Gasteiger partial charge in [-0.05, 0) is 47.0 Å². The Hall–Kier alpha value is -2.62.